The van der Waals surface area contributed by atoms with E-state index in [0.29, 0.717) is 0 Å². The second-order valence-corrected chi connectivity index (χ2v) is 15.9. The minimum Gasteiger partial charge on any atom is -0.386 e. The number of hydrogen-bond acceptors (Lipinski definition) is 18. The van der Waals surface area contributed by atoms with Crippen molar-refractivity contribution in [1.82, 2.24) is 35.6 Å². The standard InChI is InChI=1S/C23H39N8O18P3/c1-23(2,18(35)21(36)26-7-5-13(32)25-6-3-4-14(33)30-37)9-46-52(43,44)49-51(41,42)45-8-12-17(48-50(38,39)40)16(34)22(47-12)31-11-29-15-19(24)27-10-28-20(15)31/h10-12,16-18,22,34-35,37H,3-9H2,1-2H3,(H,25,32)(H,26,36)(H,30,33)(H,41,42)(H,43,44)(H2,24,27,28)(H2,38,39,40)/t12-,16-,17-,18+,22-/m1/s1. The number of aliphatic hydroxyl groups is 2. The molecule has 52 heavy (non-hydrogen) atoms. The molecule has 1 aliphatic rings. The number of fused-ring (bicyclic) bond motifs is 1. The summed E-state index contributed by atoms with van der Waals surface area (Å²) >= 11 is 0. The summed E-state index contributed by atoms with van der Waals surface area (Å²) < 4.78 is 61.8. The van der Waals surface area contributed by atoms with Crippen molar-refractivity contribution in [3.05, 3.63) is 12.7 Å². The maximum absolute atomic E-state index is 12.6. The highest BCUT2D eigenvalue weighted by molar-refractivity contribution is 7.61. The van der Waals surface area contributed by atoms with Crippen molar-refractivity contribution < 1.29 is 85.7 Å². The van der Waals surface area contributed by atoms with Gasteiger partial charge in [0.1, 0.15) is 36.3 Å². The summed E-state index contributed by atoms with van der Waals surface area (Å²) in [4.78, 5) is 86.0. The molecule has 1 fully saturated rings. The normalized spacial score (nSPS) is 22.3. The molecule has 2 aromatic heterocycles. The Morgan fingerprint density at radius 3 is 2.35 bits per heavy atom. The van der Waals surface area contributed by atoms with Crippen LogP contribution in [0.25, 0.3) is 11.2 Å². The molecule has 0 saturated carbocycles. The Labute approximate surface area is 293 Å². The second-order valence-electron chi connectivity index (χ2n) is 11.7. The van der Waals surface area contributed by atoms with Gasteiger partial charge in [-0.05, 0) is 6.42 Å². The maximum Gasteiger partial charge on any atom is 0.481 e. The molecule has 2 aromatic rings. The zero-order valence-corrected chi connectivity index (χ0v) is 30.0. The number of hydrogen-bond donors (Lipinski definition) is 11. The molecular weight excluding hydrogens is 769 g/mol. The Kier molecular flexibility index (Phi) is 14.9. The number of nitrogens with two attached hydrogens (primary N) is 1. The fourth-order valence-electron chi connectivity index (χ4n) is 4.47. The van der Waals surface area contributed by atoms with Crippen LogP contribution < -0.4 is 21.8 Å². The summed E-state index contributed by atoms with van der Waals surface area (Å²) in [6.45, 7) is 0.299. The molecule has 0 spiro atoms. The first-order valence-electron chi connectivity index (χ1n) is 14.9. The third-order valence-corrected chi connectivity index (χ3v) is 10.2. The molecular formula is C23H39N8O18P3. The lowest BCUT2D eigenvalue weighted by molar-refractivity contribution is -0.137. The van der Waals surface area contributed by atoms with E-state index in [1.54, 1.807) is 0 Å². The van der Waals surface area contributed by atoms with Crippen molar-refractivity contribution in [2.45, 2.75) is 63.8 Å². The van der Waals surface area contributed by atoms with Crippen molar-refractivity contribution in [2.24, 2.45) is 5.41 Å². The van der Waals surface area contributed by atoms with Gasteiger partial charge in [-0.15, -0.1) is 0 Å². The lowest BCUT2D eigenvalue weighted by atomic mass is 9.87. The van der Waals surface area contributed by atoms with Gasteiger partial charge in [0.25, 0.3) is 0 Å². The number of phosphoric ester groups is 3. The fraction of sp³-hybridized carbons (Fsp3) is 0.652. The molecule has 0 bridgehead atoms. The number of aromatic nitrogens is 4. The minimum absolute atomic E-state index is 0.0244. The molecule has 0 aliphatic carbocycles. The quantitative estimate of drug-likeness (QED) is 0.0290. The lowest BCUT2D eigenvalue weighted by Crippen LogP contribution is -2.46. The minimum atomic E-state index is -5.57. The van der Waals surface area contributed by atoms with Crippen molar-refractivity contribution >= 4 is 58.2 Å². The summed E-state index contributed by atoms with van der Waals surface area (Å²) in [6.07, 6.45) is -6.81. The van der Waals surface area contributed by atoms with Gasteiger partial charge >= 0.3 is 23.5 Å². The Morgan fingerprint density at radius 1 is 1.02 bits per heavy atom. The van der Waals surface area contributed by atoms with Crippen LogP contribution in [0.5, 0.6) is 0 Å². The van der Waals surface area contributed by atoms with Crippen molar-refractivity contribution in [3.8, 4) is 0 Å². The van der Waals surface area contributed by atoms with E-state index in [0.717, 1.165) is 17.2 Å². The predicted molar refractivity (Wildman–Crippen MR) is 169 cm³/mol. The molecule has 0 aromatic carbocycles. The van der Waals surface area contributed by atoms with Gasteiger partial charge in [-0.3, -0.25) is 37.7 Å². The van der Waals surface area contributed by atoms with Crippen LogP contribution in [0.3, 0.4) is 0 Å². The highest BCUT2D eigenvalue weighted by Crippen LogP contribution is 2.61. The zero-order valence-electron chi connectivity index (χ0n) is 27.3. The van der Waals surface area contributed by atoms with Crippen LogP contribution in [-0.4, -0.2) is 123 Å². The average molecular weight is 809 g/mol. The van der Waals surface area contributed by atoms with E-state index in [2.05, 4.69) is 34.4 Å². The molecule has 29 heteroatoms. The van der Waals surface area contributed by atoms with Crippen LogP contribution in [0.4, 0.5) is 5.82 Å². The van der Waals surface area contributed by atoms with Crippen LogP contribution in [0.2, 0.25) is 0 Å². The topological polar surface area (TPSA) is 396 Å². The number of amides is 3. The molecule has 12 N–H and O–H groups in total. The molecule has 1 aliphatic heterocycles. The van der Waals surface area contributed by atoms with Crippen LogP contribution >= 0.6 is 23.5 Å². The summed E-state index contributed by atoms with van der Waals surface area (Å²) in [6, 6.07) is 0. The Balaban J connectivity index is 1.54. The number of rotatable bonds is 20. The first kappa shape index (κ1) is 43.4. The van der Waals surface area contributed by atoms with E-state index in [1.165, 1.54) is 19.3 Å². The Morgan fingerprint density at radius 2 is 1.69 bits per heavy atom. The smallest absolute Gasteiger partial charge is 0.386 e. The molecule has 3 amide bonds. The van der Waals surface area contributed by atoms with Gasteiger partial charge < -0.3 is 50.9 Å². The fourth-order valence-corrected chi connectivity index (χ4v) is 7.30. The van der Waals surface area contributed by atoms with Crippen LogP contribution in [-0.2, 0) is 50.7 Å². The Hall–Kier alpha value is -3.03. The van der Waals surface area contributed by atoms with E-state index in [1.807, 2.05) is 0 Å². The van der Waals surface area contributed by atoms with Gasteiger partial charge in [-0.2, -0.15) is 4.31 Å². The largest absolute Gasteiger partial charge is 0.481 e. The third kappa shape index (κ3) is 12.5. The number of phosphoric acid groups is 3. The molecule has 26 nitrogen and oxygen atoms in total. The van der Waals surface area contributed by atoms with E-state index in [9.17, 15) is 57.9 Å². The molecule has 1 saturated heterocycles. The average Bonchev–Trinajstić information content (AvgIpc) is 3.60. The van der Waals surface area contributed by atoms with Gasteiger partial charge in [0, 0.05) is 31.3 Å². The van der Waals surface area contributed by atoms with Crippen LogP contribution in [0.15, 0.2) is 12.7 Å². The van der Waals surface area contributed by atoms with Crippen molar-refractivity contribution in [1.29, 1.82) is 0 Å². The molecule has 3 rings (SSSR count). The van der Waals surface area contributed by atoms with Crippen LogP contribution in [0, 0.1) is 5.41 Å². The molecule has 3 heterocycles. The first-order chi connectivity index (χ1) is 24.1. The number of carbonyl (C=O) groups excluding carboxylic acids is 3. The number of hydroxylamine groups is 1. The number of ether oxygens (including phenoxy) is 1. The van der Waals surface area contributed by atoms with E-state index in [4.69, 9.17) is 24.7 Å². The highest BCUT2D eigenvalue weighted by atomic mass is 31.3. The molecule has 2 unspecified atom stereocenters. The number of carbonyl (C=O) groups is 3. The summed E-state index contributed by atoms with van der Waals surface area (Å²) in [5, 5.41) is 34.5. The summed E-state index contributed by atoms with van der Waals surface area (Å²) in [5.41, 5.74) is 5.66. The molecule has 294 valence electrons. The number of aliphatic hydroxyl groups excluding tert-OH is 2. The van der Waals surface area contributed by atoms with E-state index in [-0.39, 0.29) is 49.3 Å². The number of nitrogens with zero attached hydrogens (tertiary/aromatic N) is 4. The third-order valence-electron chi connectivity index (χ3n) is 7.11. The van der Waals surface area contributed by atoms with Crippen molar-refractivity contribution in [3.63, 3.8) is 0 Å². The SMILES string of the molecule is CC(C)(COP(=O)(O)OP(=O)(O)OC[C@H]1O[C@@H](n2cnc3c(N)ncnc32)[C@H](O)[C@@H]1OP(=O)(O)O)[C@@H](O)C(=O)NCCC(=O)NCCCC(=O)NO. The van der Waals surface area contributed by atoms with Gasteiger partial charge in [0.05, 0.1) is 19.5 Å². The van der Waals surface area contributed by atoms with Crippen molar-refractivity contribution in [2.75, 3.05) is 32.0 Å². The number of imidazole rings is 1. The van der Waals surface area contributed by atoms with E-state index >= 15 is 0 Å². The number of nitrogens with one attached hydrogen (secondary N) is 3. The van der Waals surface area contributed by atoms with Gasteiger partial charge in [0.15, 0.2) is 17.7 Å². The molecule has 0 radical (unpaired) electrons. The van der Waals surface area contributed by atoms with Gasteiger partial charge in [0.2, 0.25) is 17.7 Å². The first-order valence-corrected chi connectivity index (χ1v) is 19.4. The Bertz CT molecular complexity index is 1720. The van der Waals surface area contributed by atoms with Gasteiger partial charge in [-0.1, -0.05) is 13.8 Å². The summed E-state index contributed by atoms with van der Waals surface area (Å²) in [5.74, 6) is -2.18. The maximum atomic E-state index is 12.6. The molecule has 7 atom stereocenters. The van der Waals surface area contributed by atoms with E-state index < -0.39 is 90.5 Å². The predicted octanol–water partition coefficient (Wildman–Crippen LogP) is -2.31. The second kappa shape index (κ2) is 17.9. The van der Waals surface area contributed by atoms with Crippen LogP contribution in [0.1, 0.15) is 39.3 Å². The number of nitrogen functional groups attached to an aromatic ring is 1. The highest BCUT2D eigenvalue weighted by Gasteiger charge is 2.50. The zero-order chi connectivity index (χ0) is 39.1. The van der Waals surface area contributed by atoms with Gasteiger partial charge in [-0.25, -0.2) is 34.1 Å². The number of anilines is 1. The summed E-state index contributed by atoms with van der Waals surface area (Å²) in [7, 11) is -16.4. The lowest BCUT2D eigenvalue weighted by Gasteiger charge is -2.30. The monoisotopic (exact) mass is 808 g/mol.